The summed E-state index contributed by atoms with van der Waals surface area (Å²) in [5.41, 5.74) is 8.01. The Labute approximate surface area is 176 Å². The lowest BCUT2D eigenvalue weighted by atomic mass is 10.1. The van der Waals surface area contributed by atoms with E-state index in [2.05, 4.69) is 11.1 Å². The SMILES string of the molecule is Cc1ccc(-n2c(N)c3ccccc3nc3c(=O)c4ccccc4c(=O)c2=3)c(C#N)c1. The number of hydrogen-bond donors (Lipinski definition) is 1. The number of para-hydroxylation sites is 1. The van der Waals surface area contributed by atoms with Gasteiger partial charge in [0.25, 0.3) is 0 Å². The van der Waals surface area contributed by atoms with Crippen molar-refractivity contribution in [3.05, 3.63) is 109 Å². The number of benzene rings is 3. The molecule has 1 aliphatic carbocycles. The molecule has 5 rings (SSSR count). The van der Waals surface area contributed by atoms with Crippen LogP contribution in [0.4, 0.5) is 5.82 Å². The van der Waals surface area contributed by atoms with E-state index in [4.69, 9.17) is 5.73 Å². The predicted molar refractivity (Wildman–Crippen MR) is 120 cm³/mol. The van der Waals surface area contributed by atoms with Crippen LogP contribution in [0.2, 0.25) is 0 Å². The summed E-state index contributed by atoms with van der Waals surface area (Å²) < 4.78 is 1.50. The summed E-state index contributed by atoms with van der Waals surface area (Å²) in [6.45, 7) is 1.88. The van der Waals surface area contributed by atoms with E-state index in [1.54, 1.807) is 54.6 Å². The van der Waals surface area contributed by atoms with E-state index in [9.17, 15) is 14.9 Å². The Morgan fingerprint density at radius 1 is 0.903 bits per heavy atom. The Balaban J connectivity index is 2.22. The van der Waals surface area contributed by atoms with Gasteiger partial charge in [0.2, 0.25) is 10.9 Å². The second kappa shape index (κ2) is 6.78. The third-order valence-corrected chi connectivity index (χ3v) is 5.46. The Morgan fingerprint density at radius 2 is 1.55 bits per heavy atom. The predicted octanol–water partition coefficient (Wildman–Crippen LogP) is 3.39. The third kappa shape index (κ3) is 2.68. The minimum absolute atomic E-state index is 0.0149. The number of nitriles is 1. The smallest absolute Gasteiger partial charge is 0.214 e. The highest BCUT2D eigenvalue weighted by atomic mass is 16.1. The molecule has 3 aromatic rings. The molecule has 0 saturated carbocycles. The van der Waals surface area contributed by atoms with Gasteiger partial charge in [-0.15, -0.1) is 0 Å². The molecule has 0 amide bonds. The van der Waals surface area contributed by atoms with Crippen molar-refractivity contribution >= 4 is 27.5 Å². The maximum absolute atomic E-state index is 13.6. The monoisotopic (exact) mass is 404 g/mol. The quantitative estimate of drug-likeness (QED) is 0.461. The molecule has 0 bridgehead atoms. The normalized spacial score (nSPS) is 11.1. The molecule has 0 radical (unpaired) electrons. The number of rotatable bonds is 1. The number of nitrogens with two attached hydrogens (primary N) is 1. The summed E-state index contributed by atoms with van der Waals surface area (Å²) in [7, 11) is 0. The molecular weight excluding hydrogens is 388 g/mol. The number of aryl methyl sites for hydroxylation is 1. The zero-order valence-corrected chi connectivity index (χ0v) is 16.6. The Morgan fingerprint density at radius 3 is 2.26 bits per heavy atom. The van der Waals surface area contributed by atoms with Gasteiger partial charge in [-0.05, 0) is 36.8 Å². The van der Waals surface area contributed by atoms with Gasteiger partial charge in [-0.25, -0.2) is 4.98 Å². The van der Waals surface area contributed by atoms with Crippen molar-refractivity contribution in [2.75, 3.05) is 5.73 Å². The van der Waals surface area contributed by atoms with E-state index in [1.165, 1.54) is 4.57 Å². The molecule has 2 aliphatic rings. The molecule has 0 unspecified atom stereocenters. The van der Waals surface area contributed by atoms with Gasteiger partial charge in [0.1, 0.15) is 22.6 Å². The maximum Gasteiger partial charge on any atom is 0.214 e. The lowest BCUT2D eigenvalue weighted by molar-refractivity contribution is 0.992. The zero-order valence-electron chi connectivity index (χ0n) is 16.6. The fourth-order valence-electron chi connectivity index (χ4n) is 3.99. The van der Waals surface area contributed by atoms with Gasteiger partial charge in [0, 0.05) is 16.2 Å². The summed E-state index contributed by atoms with van der Waals surface area (Å²) in [5.74, 6) is 0.227. The minimum Gasteiger partial charge on any atom is -0.384 e. The van der Waals surface area contributed by atoms with Crippen molar-refractivity contribution in [3.8, 4) is 11.8 Å². The van der Waals surface area contributed by atoms with Crippen LogP contribution < -0.4 is 16.6 Å². The van der Waals surface area contributed by atoms with Crippen LogP contribution in [0.5, 0.6) is 0 Å². The van der Waals surface area contributed by atoms with E-state index in [0.717, 1.165) is 5.56 Å². The Kier molecular flexibility index (Phi) is 4.05. The van der Waals surface area contributed by atoms with Gasteiger partial charge in [-0.1, -0.05) is 42.5 Å². The van der Waals surface area contributed by atoms with Crippen molar-refractivity contribution in [2.45, 2.75) is 6.92 Å². The van der Waals surface area contributed by atoms with E-state index in [0.29, 0.717) is 27.5 Å². The number of anilines is 1. The molecule has 1 aliphatic heterocycles. The first-order chi connectivity index (χ1) is 15.0. The van der Waals surface area contributed by atoms with Crippen LogP contribution >= 0.6 is 0 Å². The first-order valence-electron chi connectivity index (χ1n) is 9.68. The maximum atomic E-state index is 13.6. The van der Waals surface area contributed by atoms with Crippen LogP contribution in [-0.2, 0) is 0 Å². The fourth-order valence-corrected chi connectivity index (χ4v) is 3.99. The molecule has 1 heterocycles. The van der Waals surface area contributed by atoms with Crippen molar-refractivity contribution < 1.29 is 0 Å². The van der Waals surface area contributed by atoms with Crippen molar-refractivity contribution in [1.29, 1.82) is 5.26 Å². The van der Waals surface area contributed by atoms with Crippen molar-refractivity contribution in [2.24, 2.45) is 0 Å². The van der Waals surface area contributed by atoms with Crippen LogP contribution in [0, 0.1) is 29.0 Å². The molecule has 3 aromatic carbocycles. The largest absolute Gasteiger partial charge is 0.384 e. The number of aromatic nitrogens is 2. The topological polar surface area (TPSA) is 102 Å². The highest BCUT2D eigenvalue weighted by molar-refractivity contribution is 5.89. The summed E-state index contributed by atoms with van der Waals surface area (Å²) in [6.07, 6.45) is 0. The molecule has 31 heavy (non-hydrogen) atoms. The number of nitrogen functional groups attached to an aromatic ring is 1. The van der Waals surface area contributed by atoms with Gasteiger partial charge in [-0.2, -0.15) is 5.26 Å². The average Bonchev–Trinajstić information content (AvgIpc) is 2.92. The van der Waals surface area contributed by atoms with Crippen LogP contribution in [0.3, 0.4) is 0 Å². The van der Waals surface area contributed by atoms with Crippen molar-refractivity contribution in [1.82, 2.24) is 9.55 Å². The van der Waals surface area contributed by atoms with Crippen LogP contribution in [-0.4, -0.2) is 9.55 Å². The van der Waals surface area contributed by atoms with Gasteiger partial charge < -0.3 is 5.73 Å². The summed E-state index contributed by atoms with van der Waals surface area (Å²) in [4.78, 5) is 31.6. The lowest BCUT2D eigenvalue weighted by Crippen LogP contribution is -2.21. The second-order valence-electron chi connectivity index (χ2n) is 7.38. The Bertz CT molecular complexity index is 1760. The second-order valence-corrected chi connectivity index (χ2v) is 7.38. The molecular formula is C25H16N4O2. The number of fused-ring (bicyclic) bond motifs is 2. The highest BCUT2D eigenvalue weighted by Crippen LogP contribution is 2.25. The summed E-state index contributed by atoms with van der Waals surface area (Å²) >= 11 is 0. The van der Waals surface area contributed by atoms with Crippen LogP contribution in [0.15, 0.2) is 76.3 Å². The molecule has 0 aromatic heterocycles. The van der Waals surface area contributed by atoms with Crippen LogP contribution in [0.1, 0.15) is 11.1 Å². The van der Waals surface area contributed by atoms with E-state index >= 15 is 0 Å². The van der Waals surface area contributed by atoms with E-state index < -0.39 is 0 Å². The standard InChI is InChI=1S/C25H16N4O2/c1-14-10-11-20(15(12-14)13-26)29-22-21(28-19-9-5-4-8-18(19)25(29)27)23(30)16-6-2-3-7-17(16)24(22)31/h2-12H,27H2,1H3. The molecule has 0 saturated heterocycles. The molecule has 0 fully saturated rings. The summed E-state index contributed by atoms with van der Waals surface area (Å²) in [6, 6.07) is 21.3. The molecule has 2 N–H and O–H groups in total. The molecule has 148 valence electrons. The van der Waals surface area contributed by atoms with E-state index in [-0.39, 0.29) is 32.8 Å². The van der Waals surface area contributed by atoms with Gasteiger partial charge in [0.05, 0.1) is 16.8 Å². The van der Waals surface area contributed by atoms with Crippen LogP contribution in [0.25, 0.3) is 27.4 Å². The minimum atomic E-state index is -0.367. The number of nitrogens with zero attached hydrogens (tertiary/aromatic N) is 3. The molecule has 6 heteroatoms. The Hall–Kier alpha value is -4.50. The third-order valence-electron chi connectivity index (χ3n) is 5.46. The average molecular weight is 404 g/mol. The fraction of sp³-hybridized carbons (Fsp3) is 0.0400. The van der Waals surface area contributed by atoms with Gasteiger partial charge in [-0.3, -0.25) is 14.2 Å². The van der Waals surface area contributed by atoms with E-state index in [1.807, 2.05) is 19.1 Å². The zero-order chi connectivity index (χ0) is 21.7. The van der Waals surface area contributed by atoms with Gasteiger partial charge >= 0.3 is 0 Å². The molecule has 0 atom stereocenters. The first kappa shape index (κ1) is 18.5. The molecule has 0 spiro atoms. The summed E-state index contributed by atoms with van der Waals surface area (Å²) in [5, 5.41) is 11.0. The number of hydrogen-bond acceptors (Lipinski definition) is 5. The lowest BCUT2D eigenvalue weighted by Gasteiger charge is -2.13. The highest BCUT2D eigenvalue weighted by Gasteiger charge is 2.17. The molecule has 6 nitrogen and oxygen atoms in total. The van der Waals surface area contributed by atoms with Crippen molar-refractivity contribution in [3.63, 3.8) is 0 Å². The van der Waals surface area contributed by atoms with Gasteiger partial charge in [0.15, 0.2) is 0 Å². The first-order valence-corrected chi connectivity index (χ1v) is 9.68.